The van der Waals surface area contributed by atoms with Crippen molar-refractivity contribution in [3.8, 4) is 0 Å². The van der Waals surface area contributed by atoms with E-state index in [2.05, 4.69) is 9.88 Å². The van der Waals surface area contributed by atoms with Crippen molar-refractivity contribution in [3.05, 3.63) is 102 Å². The smallest absolute Gasteiger partial charge is 0.245 e. The van der Waals surface area contributed by atoms with Gasteiger partial charge in [-0.15, -0.1) is 0 Å². The second-order valence-corrected chi connectivity index (χ2v) is 12.4. The summed E-state index contributed by atoms with van der Waals surface area (Å²) in [5.41, 5.74) is 2.39. The van der Waals surface area contributed by atoms with E-state index in [1.165, 1.54) is 4.31 Å². The van der Waals surface area contributed by atoms with Crippen molar-refractivity contribution < 1.29 is 13.2 Å². The lowest BCUT2D eigenvalue weighted by molar-refractivity contribution is -0.135. The number of piperazine rings is 1. The number of benzene rings is 3. The summed E-state index contributed by atoms with van der Waals surface area (Å²) >= 11 is 6.40. The number of fused-ring (bicyclic) bond motifs is 1. The maximum absolute atomic E-state index is 14.0. The Bertz CT molecular complexity index is 1600. The molecule has 0 spiro atoms. The van der Waals surface area contributed by atoms with Crippen molar-refractivity contribution in [2.24, 2.45) is 5.92 Å². The number of carbonyl (C=O) groups excluding carboxylic acids is 1. The Labute approximate surface area is 233 Å². The molecular formula is C30H29ClN4O3S. The molecule has 0 bridgehead atoms. The van der Waals surface area contributed by atoms with E-state index in [1.807, 2.05) is 71.6 Å². The summed E-state index contributed by atoms with van der Waals surface area (Å²) in [6, 6.07) is 26.3. The number of hydrogen-bond acceptors (Lipinski definition) is 5. The van der Waals surface area contributed by atoms with Gasteiger partial charge in [-0.1, -0.05) is 72.3 Å². The summed E-state index contributed by atoms with van der Waals surface area (Å²) in [5, 5.41) is 1.46. The molecule has 9 heteroatoms. The standard InChI is InChI=1S/C30H29ClN4O3S/c31-26-12-4-5-13-27(26)33-16-18-34(19-17-33)30(36)25-21-35(20-24(25)22-8-2-1-3-9-22)39(37,38)28-14-6-10-23-11-7-15-32-29(23)28/h1-15,24-25H,16-21H2/t24-,25+/m0/s1. The minimum absolute atomic E-state index is 0.00333. The summed E-state index contributed by atoms with van der Waals surface area (Å²) in [6.45, 7) is 2.83. The Kier molecular flexibility index (Phi) is 7.01. The fourth-order valence-electron chi connectivity index (χ4n) is 5.79. The summed E-state index contributed by atoms with van der Waals surface area (Å²) in [5.74, 6) is -0.716. The number of carbonyl (C=O) groups is 1. The van der Waals surface area contributed by atoms with Crippen LogP contribution >= 0.6 is 11.6 Å². The Balaban J connectivity index is 1.27. The van der Waals surface area contributed by atoms with E-state index in [1.54, 1.807) is 24.4 Å². The molecule has 4 aromatic rings. The summed E-state index contributed by atoms with van der Waals surface area (Å²) in [4.78, 5) is 22.6. The first-order chi connectivity index (χ1) is 18.9. The van der Waals surface area contributed by atoms with Crippen LogP contribution < -0.4 is 4.90 Å². The predicted molar refractivity (Wildman–Crippen MR) is 153 cm³/mol. The fraction of sp³-hybridized carbons (Fsp3) is 0.267. The number of amides is 1. The second kappa shape index (κ2) is 10.6. The molecule has 39 heavy (non-hydrogen) atoms. The van der Waals surface area contributed by atoms with Crippen molar-refractivity contribution in [1.29, 1.82) is 0 Å². The Morgan fingerprint density at radius 3 is 2.31 bits per heavy atom. The van der Waals surface area contributed by atoms with Crippen LogP contribution in [-0.4, -0.2) is 67.8 Å². The molecule has 2 aliphatic heterocycles. The summed E-state index contributed by atoms with van der Waals surface area (Å²) in [7, 11) is -3.88. The highest BCUT2D eigenvalue weighted by atomic mass is 35.5. The topological polar surface area (TPSA) is 73.8 Å². The van der Waals surface area contributed by atoms with Gasteiger partial charge < -0.3 is 9.80 Å². The number of hydrogen-bond donors (Lipinski definition) is 0. The number of halogens is 1. The highest BCUT2D eigenvalue weighted by Crippen LogP contribution is 2.38. The van der Waals surface area contributed by atoms with Crippen LogP contribution in [0.15, 0.2) is 96.0 Å². The van der Waals surface area contributed by atoms with Gasteiger partial charge in [0.1, 0.15) is 4.90 Å². The van der Waals surface area contributed by atoms with E-state index in [0.717, 1.165) is 16.6 Å². The first kappa shape index (κ1) is 25.8. The second-order valence-electron chi connectivity index (χ2n) is 10.0. The highest BCUT2D eigenvalue weighted by molar-refractivity contribution is 7.89. The van der Waals surface area contributed by atoms with Crippen LogP contribution in [0.4, 0.5) is 5.69 Å². The molecule has 200 valence electrons. The molecule has 2 atom stereocenters. The Morgan fingerprint density at radius 1 is 0.821 bits per heavy atom. The summed E-state index contributed by atoms with van der Waals surface area (Å²) < 4.78 is 29.4. The SMILES string of the molecule is O=C([C@@H]1CN(S(=O)(=O)c2cccc3cccnc23)C[C@H]1c1ccccc1)N1CCN(c2ccccc2Cl)CC1. The first-order valence-electron chi connectivity index (χ1n) is 13.1. The fourth-order valence-corrected chi connectivity index (χ4v) is 7.70. The van der Waals surface area contributed by atoms with Gasteiger partial charge in [0.25, 0.3) is 0 Å². The van der Waals surface area contributed by atoms with E-state index in [-0.39, 0.29) is 29.8 Å². The molecule has 6 rings (SSSR count). The molecule has 3 aromatic carbocycles. The number of aromatic nitrogens is 1. The van der Waals surface area contributed by atoms with Crippen LogP contribution in [0.5, 0.6) is 0 Å². The molecule has 1 aromatic heterocycles. The van der Waals surface area contributed by atoms with Crippen molar-refractivity contribution in [1.82, 2.24) is 14.2 Å². The lowest BCUT2D eigenvalue weighted by Gasteiger charge is -2.38. The zero-order valence-corrected chi connectivity index (χ0v) is 22.9. The third-order valence-electron chi connectivity index (χ3n) is 7.83. The molecule has 0 radical (unpaired) electrons. The van der Waals surface area contributed by atoms with Gasteiger partial charge in [0, 0.05) is 56.8 Å². The molecule has 0 unspecified atom stereocenters. The van der Waals surface area contributed by atoms with E-state index in [0.29, 0.717) is 36.7 Å². The van der Waals surface area contributed by atoms with Gasteiger partial charge in [0.2, 0.25) is 15.9 Å². The van der Waals surface area contributed by atoms with Gasteiger partial charge in [-0.3, -0.25) is 9.78 Å². The molecule has 7 nitrogen and oxygen atoms in total. The van der Waals surface area contributed by atoms with Gasteiger partial charge in [-0.2, -0.15) is 4.31 Å². The van der Waals surface area contributed by atoms with E-state index < -0.39 is 15.9 Å². The number of anilines is 1. The zero-order chi connectivity index (χ0) is 27.0. The number of nitrogens with zero attached hydrogens (tertiary/aromatic N) is 4. The maximum Gasteiger partial charge on any atom is 0.245 e. The minimum atomic E-state index is -3.88. The number of para-hydroxylation sites is 2. The van der Waals surface area contributed by atoms with Gasteiger partial charge in [0.05, 0.1) is 22.1 Å². The Hall–Kier alpha value is -3.46. The van der Waals surface area contributed by atoms with Gasteiger partial charge in [0.15, 0.2) is 0 Å². The summed E-state index contributed by atoms with van der Waals surface area (Å²) in [6.07, 6.45) is 1.60. The molecule has 2 saturated heterocycles. The van der Waals surface area contributed by atoms with E-state index in [4.69, 9.17) is 11.6 Å². The molecule has 0 saturated carbocycles. The van der Waals surface area contributed by atoms with Crippen LogP contribution in [-0.2, 0) is 14.8 Å². The van der Waals surface area contributed by atoms with E-state index >= 15 is 0 Å². The quantitative estimate of drug-likeness (QED) is 0.355. The van der Waals surface area contributed by atoms with Crippen molar-refractivity contribution >= 4 is 44.1 Å². The number of sulfonamides is 1. The number of rotatable bonds is 5. The number of pyridine rings is 1. The van der Waals surface area contributed by atoms with Crippen molar-refractivity contribution in [2.75, 3.05) is 44.2 Å². The third-order valence-corrected chi connectivity index (χ3v) is 10.0. The minimum Gasteiger partial charge on any atom is -0.367 e. The Morgan fingerprint density at radius 2 is 1.54 bits per heavy atom. The van der Waals surface area contributed by atoms with Crippen LogP contribution in [0.1, 0.15) is 11.5 Å². The molecule has 1 amide bonds. The van der Waals surface area contributed by atoms with Crippen molar-refractivity contribution in [3.63, 3.8) is 0 Å². The lowest BCUT2D eigenvalue weighted by atomic mass is 9.88. The molecule has 2 aliphatic rings. The lowest BCUT2D eigenvalue weighted by Crippen LogP contribution is -2.51. The van der Waals surface area contributed by atoms with Crippen LogP contribution in [0.3, 0.4) is 0 Å². The van der Waals surface area contributed by atoms with Crippen LogP contribution in [0, 0.1) is 5.92 Å². The molecule has 0 N–H and O–H groups in total. The first-order valence-corrected chi connectivity index (χ1v) is 14.9. The maximum atomic E-state index is 14.0. The molecular weight excluding hydrogens is 532 g/mol. The van der Waals surface area contributed by atoms with E-state index in [9.17, 15) is 13.2 Å². The monoisotopic (exact) mass is 560 g/mol. The van der Waals surface area contributed by atoms with Gasteiger partial charge in [-0.25, -0.2) is 8.42 Å². The zero-order valence-electron chi connectivity index (χ0n) is 21.4. The normalized spacial score (nSPS) is 20.4. The average Bonchev–Trinajstić information content (AvgIpc) is 3.44. The molecule has 3 heterocycles. The predicted octanol–water partition coefficient (Wildman–Crippen LogP) is 4.64. The highest BCUT2D eigenvalue weighted by Gasteiger charge is 2.45. The average molecular weight is 561 g/mol. The van der Waals surface area contributed by atoms with Crippen molar-refractivity contribution in [2.45, 2.75) is 10.8 Å². The van der Waals surface area contributed by atoms with Gasteiger partial charge in [-0.05, 0) is 29.8 Å². The molecule has 0 aliphatic carbocycles. The molecule has 2 fully saturated rings. The van der Waals surface area contributed by atoms with Crippen LogP contribution in [0.25, 0.3) is 10.9 Å². The van der Waals surface area contributed by atoms with Gasteiger partial charge >= 0.3 is 0 Å². The van der Waals surface area contributed by atoms with Crippen LogP contribution in [0.2, 0.25) is 5.02 Å². The third kappa shape index (κ3) is 4.88. The largest absolute Gasteiger partial charge is 0.367 e.